The summed E-state index contributed by atoms with van der Waals surface area (Å²) in [5, 5.41) is 1.04. The molecule has 0 unspecified atom stereocenters. The van der Waals surface area contributed by atoms with Crippen molar-refractivity contribution in [3.8, 4) is 0 Å². The maximum Gasteiger partial charge on any atom is 0.205 e. The number of anilines is 1. The molecule has 0 amide bonds. The monoisotopic (exact) mass is 226 g/mol. The van der Waals surface area contributed by atoms with E-state index in [1.54, 1.807) is 0 Å². The van der Waals surface area contributed by atoms with Crippen LogP contribution in [0.2, 0.25) is 0 Å². The van der Waals surface area contributed by atoms with Crippen LogP contribution in [0.3, 0.4) is 0 Å². The van der Waals surface area contributed by atoms with E-state index in [-0.39, 0.29) is 0 Å². The van der Waals surface area contributed by atoms with E-state index < -0.39 is 0 Å². The Morgan fingerprint density at radius 2 is 2.33 bits per heavy atom. The van der Waals surface area contributed by atoms with Gasteiger partial charge >= 0.3 is 0 Å². The molecule has 1 fully saturated rings. The Balaban J connectivity index is 2.08. The van der Waals surface area contributed by atoms with Crippen molar-refractivity contribution >= 4 is 16.7 Å². The zero-order chi connectivity index (χ0) is 10.8. The lowest BCUT2D eigenvalue weighted by Crippen LogP contribution is -2.42. The number of nitrogens with two attached hydrogens (primary N) is 1. The van der Waals surface area contributed by atoms with E-state index in [0.717, 1.165) is 36.9 Å². The minimum atomic E-state index is 0.296. The summed E-state index contributed by atoms with van der Waals surface area (Å²) < 4.78 is 4.36. The molecule has 1 aromatic heterocycles. The van der Waals surface area contributed by atoms with E-state index in [0.29, 0.717) is 12.0 Å². The quantitative estimate of drug-likeness (QED) is 0.832. The first-order chi connectivity index (χ1) is 7.16. The van der Waals surface area contributed by atoms with Crippen LogP contribution in [0.25, 0.3) is 0 Å². The number of aromatic nitrogens is 2. The summed E-state index contributed by atoms with van der Waals surface area (Å²) in [5.41, 5.74) is 5.94. The van der Waals surface area contributed by atoms with Crippen molar-refractivity contribution in [2.75, 3.05) is 18.0 Å². The smallest absolute Gasteiger partial charge is 0.205 e. The highest BCUT2D eigenvalue weighted by Crippen LogP contribution is 2.23. The SMILES string of the molecule is CC(C)c1nsc(N2CCC[C@@H](N)C2)n1. The van der Waals surface area contributed by atoms with E-state index in [1.165, 1.54) is 11.5 Å². The van der Waals surface area contributed by atoms with Crippen molar-refractivity contribution in [3.63, 3.8) is 0 Å². The fourth-order valence-corrected chi connectivity index (χ4v) is 2.62. The minimum Gasteiger partial charge on any atom is -0.345 e. The Hall–Kier alpha value is -0.680. The number of rotatable bonds is 2. The first-order valence-corrected chi connectivity index (χ1v) is 6.28. The summed E-state index contributed by atoms with van der Waals surface area (Å²) in [6.07, 6.45) is 2.30. The Bertz CT molecular complexity index is 323. The fraction of sp³-hybridized carbons (Fsp3) is 0.800. The Morgan fingerprint density at radius 3 is 2.93 bits per heavy atom. The van der Waals surface area contributed by atoms with E-state index in [4.69, 9.17) is 5.73 Å². The Morgan fingerprint density at radius 1 is 1.53 bits per heavy atom. The molecule has 2 N–H and O–H groups in total. The Kier molecular flexibility index (Phi) is 3.21. The molecule has 4 nitrogen and oxygen atoms in total. The van der Waals surface area contributed by atoms with E-state index in [2.05, 4.69) is 28.1 Å². The molecule has 1 aliphatic heterocycles. The van der Waals surface area contributed by atoms with Gasteiger partial charge in [-0.1, -0.05) is 13.8 Å². The average Bonchev–Trinajstić information content (AvgIpc) is 2.66. The van der Waals surface area contributed by atoms with Crippen LogP contribution in [0, 0.1) is 0 Å². The van der Waals surface area contributed by atoms with Crippen molar-refractivity contribution in [2.24, 2.45) is 5.73 Å². The molecule has 0 aliphatic carbocycles. The number of hydrogen-bond donors (Lipinski definition) is 1. The maximum absolute atomic E-state index is 5.94. The minimum absolute atomic E-state index is 0.296. The third-order valence-electron chi connectivity index (χ3n) is 2.68. The second-order valence-corrected chi connectivity index (χ2v) is 5.17. The summed E-state index contributed by atoms with van der Waals surface area (Å²) in [4.78, 5) is 6.81. The van der Waals surface area contributed by atoms with E-state index >= 15 is 0 Å². The van der Waals surface area contributed by atoms with Crippen LogP contribution in [-0.4, -0.2) is 28.5 Å². The van der Waals surface area contributed by atoms with Gasteiger partial charge in [-0.3, -0.25) is 0 Å². The fourth-order valence-electron chi connectivity index (χ4n) is 1.77. The van der Waals surface area contributed by atoms with Gasteiger partial charge in [-0.05, 0) is 12.8 Å². The molecule has 84 valence electrons. The van der Waals surface area contributed by atoms with Gasteiger partial charge in [-0.25, -0.2) is 4.98 Å². The second-order valence-electron chi connectivity index (χ2n) is 4.44. The molecule has 0 aromatic carbocycles. The molecule has 15 heavy (non-hydrogen) atoms. The first kappa shape index (κ1) is 10.8. The van der Waals surface area contributed by atoms with Crippen molar-refractivity contribution in [3.05, 3.63) is 5.82 Å². The van der Waals surface area contributed by atoms with Crippen LogP contribution < -0.4 is 10.6 Å². The van der Waals surface area contributed by atoms with Crippen LogP contribution in [0.5, 0.6) is 0 Å². The highest BCUT2D eigenvalue weighted by molar-refractivity contribution is 7.09. The second kappa shape index (κ2) is 4.45. The van der Waals surface area contributed by atoms with Gasteiger partial charge in [0.2, 0.25) is 5.13 Å². The molecule has 0 saturated carbocycles. The van der Waals surface area contributed by atoms with Gasteiger partial charge in [-0.2, -0.15) is 4.37 Å². The molecule has 1 aliphatic rings. The lowest BCUT2D eigenvalue weighted by atomic mass is 10.1. The van der Waals surface area contributed by atoms with Gasteiger partial charge in [-0.15, -0.1) is 0 Å². The number of nitrogens with zero attached hydrogens (tertiary/aromatic N) is 3. The topological polar surface area (TPSA) is 55.0 Å². The largest absolute Gasteiger partial charge is 0.345 e. The third-order valence-corrected chi connectivity index (χ3v) is 3.47. The zero-order valence-electron chi connectivity index (χ0n) is 9.31. The van der Waals surface area contributed by atoms with E-state index in [1.807, 2.05) is 0 Å². The lowest BCUT2D eigenvalue weighted by molar-refractivity contribution is 0.505. The molecular formula is C10H18N4S. The van der Waals surface area contributed by atoms with Gasteiger partial charge in [0.1, 0.15) is 5.82 Å². The molecule has 2 heterocycles. The van der Waals surface area contributed by atoms with E-state index in [9.17, 15) is 0 Å². The average molecular weight is 226 g/mol. The maximum atomic E-state index is 5.94. The zero-order valence-corrected chi connectivity index (χ0v) is 10.1. The van der Waals surface area contributed by atoms with Crippen LogP contribution in [0.1, 0.15) is 38.4 Å². The van der Waals surface area contributed by atoms with Gasteiger partial charge in [0, 0.05) is 36.6 Å². The third kappa shape index (κ3) is 2.46. The van der Waals surface area contributed by atoms with Crippen molar-refractivity contribution < 1.29 is 0 Å². The molecule has 5 heteroatoms. The van der Waals surface area contributed by atoms with Gasteiger partial charge < -0.3 is 10.6 Å². The van der Waals surface area contributed by atoms with Crippen molar-refractivity contribution in [1.29, 1.82) is 0 Å². The molecule has 0 bridgehead atoms. The van der Waals surface area contributed by atoms with Gasteiger partial charge in [0.05, 0.1) is 0 Å². The molecule has 0 spiro atoms. The summed E-state index contributed by atoms with van der Waals surface area (Å²) >= 11 is 1.50. The highest BCUT2D eigenvalue weighted by atomic mass is 32.1. The van der Waals surface area contributed by atoms with Crippen molar-refractivity contribution in [2.45, 2.75) is 38.6 Å². The summed E-state index contributed by atoms with van der Waals surface area (Å²) in [7, 11) is 0. The summed E-state index contributed by atoms with van der Waals surface area (Å²) in [6.45, 7) is 6.23. The predicted molar refractivity (Wildman–Crippen MR) is 63.4 cm³/mol. The lowest BCUT2D eigenvalue weighted by Gasteiger charge is -2.29. The van der Waals surface area contributed by atoms with Crippen molar-refractivity contribution in [1.82, 2.24) is 9.36 Å². The Labute approximate surface area is 94.7 Å². The molecule has 1 saturated heterocycles. The standard InChI is InChI=1S/C10H18N4S/c1-7(2)9-12-10(15-13-9)14-5-3-4-8(11)6-14/h7-8H,3-6,11H2,1-2H3/t8-/m1/s1. The summed E-state index contributed by atoms with van der Waals surface area (Å²) in [5.74, 6) is 1.36. The van der Waals surface area contributed by atoms with Crippen LogP contribution >= 0.6 is 11.5 Å². The molecule has 0 radical (unpaired) electrons. The van der Waals surface area contributed by atoms with Crippen LogP contribution in [0.4, 0.5) is 5.13 Å². The normalized spacial score (nSPS) is 22.4. The van der Waals surface area contributed by atoms with Crippen LogP contribution in [-0.2, 0) is 0 Å². The highest BCUT2D eigenvalue weighted by Gasteiger charge is 2.20. The molecule has 1 aromatic rings. The van der Waals surface area contributed by atoms with Crippen LogP contribution in [0.15, 0.2) is 0 Å². The number of piperidine rings is 1. The molecular weight excluding hydrogens is 208 g/mol. The first-order valence-electron chi connectivity index (χ1n) is 5.51. The van der Waals surface area contributed by atoms with Gasteiger partial charge in [0.15, 0.2) is 0 Å². The molecule has 2 rings (SSSR count). The number of hydrogen-bond acceptors (Lipinski definition) is 5. The molecule has 1 atom stereocenters. The van der Waals surface area contributed by atoms with Gasteiger partial charge in [0.25, 0.3) is 0 Å². The predicted octanol–water partition coefficient (Wildman–Crippen LogP) is 1.59. The summed E-state index contributed by atoms with van der Waals surface area (Å²) in [6, 6.07) is 0.296.